The molecule has 0 spiro atoms. The van der Waals surface area contributed by atoms with Crippen LogP contribution in [0, 0.1) is 5.41 Å². The SMILES string of the molecule is COC(=O)c1c(NC(=O)CSc2cccc(NC(=O)CC(C)(C)C)c2)sc2c1CCCCC2. The zero-order chi connectivity index (χ0) is 24.0. The molecule has 0 aliphatic heterocycles. The fourth-order valence-corrected chi connectivity index (χ4v) is 5.86. The van der Waals surface area contributed by atoms with Crippen molar-refractivity contribution in [1.82, 2.24) is 0 Å². The first-order chi connectivity index (χ1) is 15.7. The second-order valence-corrected chi connectivity index (χ2v) is 11.6. The van der Waals surface area contributed by atoms with Gasteiger partial charge in [0, 0.05) is 21.9 Å². The summed E-state index contributed by atoms with van der Waals surface area (Å²) in [4.78, 5) is 39.4. The molecule has 0 bridgehead atoms. The molecule has 0 saturated heterocycles. The van der Waals surface area contributed by atoms with E-state index in [0.717, 1.165) is 42.6 Å². The van der Waals surface area contributed by atoms with Gasteiger partial charge in [0.2, 0.25) is 11.8 Å². The summed E-state index contributed by atoms with van der Waals surface area (Å²) in [5, 5.41) is 6.44. The molecular weight excluding hydrogens is 456 g/mol. The maximum absolute atomic E-state index is 12.7. The van der Waals surface area contributed by atoms with E-state index < -0.39 is 5.97 Å². The molecule has 0 unspecified atom stereocenters. The Morgan fingerprint density at radius 3 is 2.55 bits per heavy atom. The van der Waals surface area contributed by atoms with E-state index in [4.69, 9.17) is 4.74 Å². The maximum Gasteiger partial charge on any atom is 0.341 e. The van der Waals surface area contributed by atoms with Crippen molar-refractivity contribution in [3.63, 3.8) is 0 Å². The molecule has 178 valence electrons. The molecule has 3 rings (SSSR count). The van der Waals surface area contributed by atoms with Gasteiger partial charge in [-0.2, -0.15) is 0 Å². The number of thioether (sulfide) groups is 1. The molecule has 0 saturated carbocycles. The zero-order valence-electron chi connectivity index (χ0n) is 19.7. The summed E-state index contributed by atoms with van der Waals surface area (Å²) < 4.78 is 5.00. The molecule has 2 aromatic rings. The van der Waals surface area contributed by atoms with E-state index in [1.165, 1.54) is 35.1 Å². The summed E-state index contributed by atoms with van der Waals surface area (Å²) in [7, 11) is 1.37. The van der Waals surface area contributed by atoms with Crippen LogP contribution in [0.1, 0.15) is 67.3 Å². The monoisotopic (exact) mass is 488 g/mol. The number of hydrogen-bond acceptors (Lipinski definition) is 6. The number of rotatable bonds is 7. The number of fused-ring (bicyclic) bond motifs is 1. The molecule has 33 heavy (non-hydrogen) atoms. The van der Waals surface area contributed by atoms with Gasteiger partial charge in [0.25, 0.3) is 0 Å². The predicted octanol–water partition coefficient (Wildman–Crippen LogP) is 5.91. The lowest BCUT2D eigenvalue weighted by molar-refractivity contribution is -0.118. The van der Waals surface area contributed by atoms with E-state index in [1.807, 2.05) is 45.0 Å². The number of carbonyl (C=O) groups excluding carboxylic acids is 3. The van der Waals surface area contributed by atoms with Crippen LogP contribution in [-0.2, 0) is 27.2 Å². The number of amides is 2. The number of methoxy groups -OCH3 is 1. The zero-order valence-corrected chi connectivity index (χ0v) is 21.3. The second kappa shape index (κ2) is 11.2. The standard InChI is InChI=1S/C25H32N2O4S2/c1-25(2,3)14-20(28)26-16-9-8-10-17(13-16)32-15-21(29)27-23-22(24(30)31-4)18-11-6-5-7-12-19(18)33-23/h8-10,13H,5-7,11-12,14-15H2,1-4H3,(H,26,28)(H,27,29). The Balaban J connectivity index is 1.63. The first-order valence-electron chi connectivity index (χ1n) is 11.2. The highest BCUT2D eigenvalue weighted by atomic mass is 32.2. The molecule has 1 aromatic carbocycles. The minimum absolute atomic E-state index is 0.0322. The van der Waals surface area contributed by atoms with Crippen molar-refractivity contribution in [1.29, 1.82) is 0 Å². The van der Waals surface area contributed by atoms with Gasteiger partial charge in [-0.15, -0.1) is 23.1 Å². The third-order valence-electron chi connectivity index (χ3n) is 5.24. The van der Waals surface area contributed by atoms with Gasteiger partial charge < -0.3 is 15.4 Å². The van der Waals surface area contributed by atoms with Crippen molar-refractivity contribution < 1.29 is 19.1 Å². The van der Waals surface area contributed by atoms with E-state index in [1.54, 1.807) is 0 Å². The smallest absolute Gasteiger partial charge is 0.341 e. The highest BCUT2D eigenvalue weighted by Gasteiger charge is 2.26. The number of nitrogens with one attached hydrogen (secondary N) is 2. The van der Waals surface area contributed by atoms with Crippen LogP contribution in [0.4, 0.5) is 10.7 Å². The Kier molecular flexibility index (Phi) is 8.59. The van der Waals surface area contributed by atoms with Gasteiger partial charge in [-0.1, -0.05) is 33.3 Å². The Labute approximate surface area is 203 Å². The summed E-state index contributed by atoms with van der Waals surface area (Å²) in [5.41, 5.74) is 2.18. The largest absolute Gasteiger partial charge is 0.465 e. The molecule has 1 aromatic heterocycles. The molecule has 0 fully saturated rings. The van der Waals surface area contributed by atoms with Crippen LogP contribution in [0.15, 0.2) is 29.2 Å². The maximum atomic E-state index is 12.7. The number of esters is 1. The Hall–Kier alpha value is -2.32. The number of benzene rings is 1. The number of thiophene rings is 1. The number of anilines is 2. The van der Waals surface area contributed by atoms with E-state index in [2.05, 4.69) is 10.6 Å². The van der Waals surface area contributed by atoms with Gasteiger partial charge in [0.05, 0.1) is 18.4 Å². The van der Waals surface area contributed by atoms with Crippen LogP contribution in [0.5, 0.6) is 0 Å². The molecular formula is C25H32N2O4S2. The second-order valence-electron chi connectivity index (χ2n) is 9.41. The van der Waals surface area contributed by atoms with E-state index in [-0.39, 0.29) is 23.0 Å². The number of aryl methyl sites for hydroxylation is 1. The molecule has 2 amide bonds. The van der Waals surface area contributed by atoms with Crippen LogP contribution in [-0.4, -0.2) is 30.6 Å². The minimum Gasteiger partial charge on any atom is -0.465 e. The lowest BCUT2D eigenvalue weighted by Gasteiger charge is -2.17. The van der Waals surface area contributed by atoms with E-state index in [9.17, 15) is 14.4 Å². The van der Waals surface area contributed by atoms with Gasteiger partial charge >= 0.3 is 5.97 Å². The average molecular weight is 489 g/mol. The quantitative estimate of drug-likeness (QED) is 0.288. The van der Waals surface area contributed by atoms with Gasteiger partial charge in [-0.05, 0) is 54.9 Å². The Bertz CT molecular complexity index is 1020. The van der Waals surface area contributed by atoms with Gasteiger partial charge in [0.1, 0.15) is 5.00 Å². The first kappa shape index (κ1) is 25.3. The third kappa shape index (κ3) is 7.33. The summed E-state index contributed by atoms with van der Waals surface area (Å²) >= 11 is 2.88. The van der Waals surface area contributed by atoms with Crippen LogP contribution in [0.3, 0.4) is 0 Å². The predicted molar refractivity (Wildman–Crippen MR) is 135 cm³/mol. The fourth-order valence-electron chi connectivity index (χ4n) is 3.81. The van der Waals surface area contributed by atoms with Crippen LogP contribution < -0.4 is 10.6 Å². The molecule has 1 aliphatic carbocycles. The van der Waals surface area contributed by atoms with Crippen LogP contribution in [0.25, 0.3) is 0 Å². The normalized spacial score (nSPS) is 13.6. The number of hydrogen-bond donors (Lipinski definition) is 2. The van der Waals surface area contributed by atoms with Gasteiger partial charge in [-0.3, -0.25) is 9.59 Å². The summed E-state index contributed by atoms with van der Waals surface area (Å²) in [6.07, 6.45) is 5.49. The van der Waals surface area contributed by atoms with Crippen molar-refractivity contribution >= 4 is 51.6 Å². The summed E-state index contributed by atoms with van der Waals surface area (Å²) in [5.74, 6) is -0.405. The molecule has 0 radical (unpaired) electrons. The molecule has 0 atom stereocenters. The van der Waals surface area contributed by atoms with Crippen molar-refractivity contribution in [2.75, 3.05) is 23.5 Å². The first-order valence-corrected chi connectivity index (χ1v) is 13.0. The van der Waals surface area contributed by atoms with Gasteiger partial charge in [-0.25, -0.2) is 4.79 Å². The molecule has 2 N–H and O–H groups in total. The van der Waals surface area contributed by atoms with Gasteiger partial charge in [0.15, 0.2) is 0 Å². The van der Waals surface area contributed by atoms with Crippen molar-refractivity contribution in [2.45, 2.75) is 64.2 Å². The Morgan fingerprint density at radius 1 is 1.06 bits per heavy atom. The summed E-state index contributed by atoms with van der Waals surface area (Å²) in [6.45, 7) is 6.07. The fraction of sp³-hybridized carbons (Fsp3) is 0.480. The Morgan fingerprint density at radius 2 is 1.82 bits per heavy atom. The summed E-state index contributed by atoms with van der Waals surface area (Å²) in [6, 6.07) is 7.47. The van der Waals surface area contributed by atoms with Crippen molar-refractivity contribution in [3.05, 3.63) is 40.3 Å². The molecule has 1 heterocycles. The highest BCUT2D eigenvalue weighted by molar-refractivity contribution is 8.00. The third-order valence-corrected chi connectivity index (χ3v) is 7.44. The highest BCUT2D eigenvalue weighted by Crippen LogP contribution is 2.38. The van der Waals surface area contributed by atoms with E-state index in [0.29, 0.717) is 22.7 Å². The molecule has 8 heteroatoms. The van der Waals surface area contributed by atoms with Crippen LogP contribution >= 0.6 is 23.1 Å². The lowest BCUT2D eigenvalue weighted by atomic mass is 9.92. The van der Waals surface area contributed by atoms with Crippen molar-refractivity contribution in [2.24, 2.45) is 5.41 Å². The van der Waals surface area contributed by atoms with Crippen LogP contribution in [0.2, 0.25) is 0 Å². The van der Waals surface area contributed by atoms with E-state index >= 15 is 0 Å². The molecule has 1 aliphatic rings. The number of ether oxygens (including phenoxy) is 1. The van der Waals surface area contributed by atoms with Crippen molar-refractivity contribution in [3.8, 4) is 0 Å². The minimum atomic E-state index is -0.393. The topological polar surface area (TPSA) is 84.5 Å². The average Bonchev–Trinajstić information content (AvgIpc) is 2.90. The number of carbonyl (C=O) groups is 3. The molecule has 6 nitrogen and oxygen atoms in total. The lowest BCUT2D eigenvalue weighted by Crippen LogP contribution is -2.19.